The lowest BCUT2D eigenvalue weighted by atomic mass is 10.3. The average Bonchev–Trinajstić information content (AvgIpc) is 1.82. The van der Waals surface area contributed by atoms with Crippen molar-refractivity contribution in [2.45, 2.75) is 18.9 Å². The van der Waals surface area contributed by atoms with Gasteiger partial charge in [0.2, 0.25) is 0 Å². The van der Waals surface area contributed by atoms with Crippen LogP contribution in [0.25, 0.3) is 0 Å². The van der Waals surface area contributed by atoms with Crippen LogP contribution in [0.4, 0.5) is 0 Å². The minimum atomic E-state index is -1.17. The highest BCUT2D eigenvalue weighted by Crippen LogP contribution is 1.93. The summed E-state index contributed by atoms with van der Waals surface area (Å²) in [6.45, 7) is 0. The van der Waals surface area contributed by atoms with Gasteiger partial charge in [0.1, 0.15) is 6.04 Å². The fraction of sp³-hybridized carbons (Fsp3) is 0.600. The summed E-state index contributed by atoms with van der Waals surface area (Å²) >= 11 is 0. The Hall–Kier alpha value is -0.810. The Morgan fingerprint density at radius 3 is 2.09 bits per heavy atom. The number of carboxylic acid groups (broad SMARTS) is 2. The van der Waals surface area contributed by atoms with Gasteiger partial charge >= 0.3 is 11.9 Å². The van der Waals surface area contributed by atoms with Crippen LogP contribution in [0.1, 0.15) is 12.8 Å². The standard InChI is InChI=1S/C5H9NO4.ClH/c6-3(5(9)10)1-2-4(7)8;/h3H,1-2,6H2,(H,7,8)(H,9,10);1H/t3-;/m0./s1/i2+1;. The van der Waals surface area contributed by atoms with Gasteiger partial charge in [-0.3, -0.25) is 9.59 Å². The Balaban J connectivity index is 0. The maximum atomic E-state index is 9.99. The molecule has 0 unspecified atom stereocenters. The number of aliphatic carboxylic acids is 2. The lowest BCUT2D eigenvalue weighted by Crippen LogP contribution is -2.30. The number of hydrogen-bond donors (Lipinski definition) is 3. The van der Waals surface area contributed by atoms with Crippen molar-refractivity contribution in [3.05, 3.63) is 0 Å². The largest absolute Gasteiger partial charge is 0.481 e. The van der Waals surface area contributed by atoms with Crippen LogP contribution in [0.3, 0.4) is 0 Å². The third-order valence-electron chi connectivity index (χ3n) is 0.986. The molecule has 0 rings (SSSR count). The van der Waals surface area contributed by atoms with E-state index >= 15 is 0 Å². The second kappa shape index (κ2) is 5.94. The van der Waals surface area contributed by atoms with E-state index in [1.54, 1.807) is 0 Å². The second-order valence-electron chi connectivity index (χ2n) is 1.88. The fourth-order valence-electron chi connectivity index (χ4n) is 0.402. The molecule has 0 aromatic rings. The van der Waals surface area contributed by atoms with Crippen molar-refractivity contribution in [1.29, 1.82) is 0 Å². The molecule has 0 aliphatic heterocycles. The third kappa shape index (κ3) is 7.08. The average molecular weight is 185 g/mol. The van der Waals surface area contributed by atoms with Crippen molar-refractivity contribution in [2.75, 3.05) is 0 Å². The van der Waals surface area contributed by atoms with Crippen molar-refractivity contribution >= 4 is 24.3 Å². The van der Waals surface area contributed by atoms with E-state index in [0.29, 0.717) is 0 Å². The Morgan fingerprint density at radius 1 is 1.36 bits per heavy atom. The summed E-state index contributed by atoms with van der Waals surface area (Å²) < 4.78 is 0. The number of rotatable bonds is 4. The highest BCUT2D eigenvalue weighted by Gasteiger charge is 2.12. The molecule has 0 saturated heterocycles. The van der Waals surface area contributed by atoms with Gasteiger partial charge in [0.25, 0.3) is 0 Å². The number of carboxylic acids is 2. The summed E-state index contributed by atoms with van der Waals surface area (Å²) in [5, 5.41) is 16.3. The van der Waals surface area contributed by atoms with E-state index in [1.807, 2.05) is 0 Å². The quantitative estimate of drug-likeness (QED) is 0.520. The molecule has 66 valence electrons. The molecule has 0 heterocycles. The van der Waals surface area contributed by atoms with Crippen LogP contribution >= 0.6 is 12.4 Å². The minimum absolute atomic E-state index is 0. The smallest absolute Gasteiger partial charge is 0.320 e. The topological polar surface area (TPSA) is 101 Å². The summed E-state index contributed by atoms with van der Waals surface area (Å²) in [7, 11) is 0. The van der Waals surface area contributed by atoms with Gasteiger partial charge in [0.05, 0.1) is 0 Å². The maximum absolute atomic E-state index is 9.99. The lowest BCUT2D eigenvalue weighted by Gasteiger charge is -2.01. The fourth-order valence-corrected chi connectivity index (χ4v) is 0.402. The third-order valence-corrected chi connectivity index (χ3v) is 0.986. The number of hydrogen-bond acceptors (Lipinski definition) is 3. The predicted octanol–water partition coefficient (Wildman–Crippen LogP) is -0.315. The van der Waals surface area contributed by atoms with Gasteiger partial charge in [-0.05, 0) is 6.42 Å². The van der Waals surface area contributed by atoms with Gasteiger partial charge in [-0.15, -0.1) is 12.4 Å². The summed E-state index contributed by atoms with van der Waals surface area (Å²) in [5.41, 5.74) is 5.00. The number of nitrogens with two attached hydrogens (primary N) is 1. The molecule has 0 radical (unpaired) electrons. The highest BCUT2D eigenvalue weighted by atomic mass is 35.5. The number of halogens is 1. The van der Waals surface area contributed by atoms with Crippen LogP contribution in [-0.2, 0) is 9.59 Å². The van der Waals surface area contributed by atoms with E-state index < -0.39 is 18.0 Å². The van der Waals surface area contributed by atoms with Crippen LogP contribution in [0, 0.1) is 0 Å². The molecule has 0 aliphatic rings. The first-order valence-corrected chi connectivity index (χ1v) is 2.74. The SMILES string of the molecule is Cl.N[C@@H](C[13CH2]C(=O)O)C(=O)O. The second-order valence-corrected chi connectivity index (χ2v) is 1.88. The summed E-state index contributed by atoms with van der Waals surface area (Å²) in [5.74, 6) is -2.20. The van der Waals surface area contributed by atoms with E-state index in [9.17, 15) is 9.59 Å². The monoisotopic (exact) mass is 184 g/mol. The molecule has 0 aromatic carbocycles. The first kappa shape index (κ1) is 12.8. The Labute approximate surface area is 69.6 Å². The van der Waals surface area contributed by atoms with Gasteiger partial charge in [-0.2, -0.15) is 0 Å². The first-order chi connectivity index (χ1) is 4.54. The summed E-state index contributed by atoms with van der Waals surface area (Å²) in [4.78, 5) is 19.9. The van der Waals surface area contributed by atoms with Crippen LogP contribution in [0.15, 0.2) is 0 Å². The van der Waals surface area contributed by atoms with E-state index in [1.165, 1.54) is 0 Å². The highest BCUT2D eigenvalue weighted by molar-refractivity contribution is 5.85. The Kier molecular flexibility index (Phi) is 6.92. The van der Waals surface area contributed by atoms with Crippen molar-refractivity contribution in [3.8, 4) is 0 Å². The molecule has 0 fully saturated rings. The van der Waals surface area contributed by atoms with Gasteiger partial charge in [-0.25, -0.2) is 0 Å². The van der Waals surface area contributed by atoms with Crippen molar-refractivity contribution in [1.82, 2.24) is 0 Å². The molecule has 0 amide bonds. The van der Waals surface area contributed by atoms with Gasteiger partial charge in [-0.1, -0.05) is 0 Å². The van der Waals surface area contributed by atoms with Crippen LogP contribution in [-0.4, -0.2) is 28.2 Å². The first-order valence-electron chi connectivity index (χ1n) is 2.74. The molecule has 0 bridgehead atoms. The van der Waals surface area contributed by atoms with Crippen molar-refractivity contribution in [2.24, 2.45) is 5.73 Å². The minimum Gasteiger partial charge on any atom is -0.481 e. The maximum Gasteiger partial charge on any atom is 0.320 e. The van der Waals surface area contributed by atoms with E-state index in [0.717, 1.165) is 0 Å². The Morgan fingerprint density at radius 2 is 1.82 bits per heavy atom. The van der Waals surface area contributed by atoms with Crippen molar-refractivity contribution < 1.29 is 19.8 Å². The van der Waals surface area contributed by atoms with Crippen LogP contribution in [0.2, 0.25) is 0 Å². The molecule has 4 N–H and O–H groups in total. The molecule has 0 aliphatic carbocycles. The van der Waals surface area contributed by atoms with E-state index in [4.69, 9.17) is 15.9 Å². The lowest BCUT2D eigenvalue weighted by molar-refractivity contribution is -0.139. The van der Waals surface area contributed by atoms with Gasteiger partial charge < -0.3 is 15.9 Å². The summed E-state index contributed by atoms with van der Waals surface area (Å²) in [6, 6.07) is -1.06. The summed E-state index contributed by atoms with van der Waals surface area (Å²) in [6.07, 6.45) is -0.224. The zero-order chi connectivity index (χ0) is 8.15. The molecule has 0 saturated carbocycles. The zero-order valence-electron chi connectivity index (χ0n) is 5.69. The predicted molar refractivity (Wildman–Crippen MR) is 39.7 cm³/mol. The van der Waals surface area contributed by atoms with Crippen molar-refractivity contribution in [3.63, 3.8) is 0 Å². The molecular formula is C5H10ClNO4. The molecule has 6 heteroatoms. The van der Waals surface area contributed by atoms with Crippen LogP contribution < -0.4 is 5.73 Å². The van der Waals surface area contributed by atoms with Gasteiger partial charge in [0, 0.05) is 6.42 Å². The molecular weight excluding hydrogens is 175 g/mol. The molecule has 0 aromatic heterocycles. The van der Waals surface area contributed by atoms with E-state index in [-0.39, 0.29) is 25.2 Å². The molecule has 5 nitrogen and oxygen atoms in total. The molecule has 1 atom stereocenters. The number of carbonyl (C=O) groups is 2. The van der Waals surface area contributed by atoms with E-state index in [2.05, 4.69) is 0 Å². The Bertz CT molecular complexity index is 149. The molecule has 0 spiro atoms. The normalized spacial score (nSPS) is 11.4. The zero-order valence-corrected chi connectivity index (χ0v) is 6.50. The molecule has 11 heavy (non-hydrogen) atoms. The van der Waals surface area contributed by atoms with Gasteiger partial charge in [0.15, 0.2) is 0 Å². The van der Waals surface area contributed by atoms with Crippen LogP contribution in [0.5, 0.6) is 0 Å².